The van der Waals surface area contributed by atoms with E-state index in [1.54, 1.807) is 13.0 Å². The minimum absolute atomic E-state index is 0.000611. The molecule has 2 heterocycles. The van der Waals surface area contributed by atoms with Gasteiger partial charge in [0, 0.05) is 22.6 Å². The Kier molecular flexibility index (Phi) is 5.41. The molecule has 3 aromatic rings. The smallest absolute Gasteiger partial charge is 0.351 e. The number of hydrogen-bond donors (Lipinski definition) is 1. The summed E-state index contributed by atoms with van der Waals surface area (Å²) in [6.07, 6.45) is 0.310. The third kappa shape index (κ3) is 3.75. The van der Waals surface area contributed by atoms with Gasteiger partial charge in [-0.2, -0.15) is 13.2 Å². The molecule has 0 radical (unpaired) electrons. The van der Waals surface area contributed by atoms with Crippen LogP contribution in [0.25, 0.3) is 10.9 Å². The topological polar surface area (TPSA) is 54.3 Å². The van der Waals surface area contributed by atoms with Gasteiger partial charge < -0.3 is 9.88 Å². The number of nitrogens with zero attached hydrogens (tertiary/aromatic N) is 2. The van der Waals surface area contributed by atoms with E-state index in [1.165, 1.54) is 17.0 Å². The fourth-order valence-electron chi connectivity index (χ4n) is 5.26. The lowest BCUT2D eigenvalue weighted by Crippen LogP contribution is -2.65. The van der Waals surface area contributed by atoms with Crippen molar-refractivity contribution in [1.82, 2.24) is 9.88 Å². The summed E-state index contributed by atoms with van der Waals surface area (Å²) in [7, 11) is 0. The average Bonchev–Trinajstić information content (AvgIpc) is 3.18. The Balaban J connectivity index is 1.63. The SMILES string of the molecule is C[C@@]1(C(=O)NC2CCCCC2)Cn2c(cc3ccccc32)C(=O)N1c1cccc(C(F)(F)F)c1. The molecule has 178 valence electrons. The summed E-state index contributed by atoms with van der Waals surface area (Å²) in [4.78, 5) is 28.8. The highest BCUT2D eigenvalue weighted by molar-refractivity contribution is 6.14. The van der Waals surface area contributed by atoms with E-state index in [0.29, 0.717) is 5.69 Å². The highest BCUT2D eigenvalue weighted by atomic mass is 19.4. The molecule has 2 amide bonds. The van der Waals surface area contributed by atoms with Crippen molar-refractivity contribution >= 4 is 28.4 Å². The summed E-state index contributed by atoms with van der Waals surface area (Å²) >= 11 is 0. The van der Waals surface area contributed by atoms with Crippen LogP contribution in [0, 0.1) is 0 Å². The van der Waals surface area contributed by atoms with Gasteiger partial charge in [-0.1, -0.05) is 43.5 Å². The summed E-state index contributed by atoms with van der Waals surface area (Å²) in [6, 6.07) is 13.9. The molecule has 0 bridgehead atoms. The van der Waals surface area contributed by atoms with Gasteiger partial charge >= 0.3 is 6.18 Å². The van der Waals surface area contributed by atoms with Crippen molar-refractivity contribution in [2.75, 3.05) is 4.90 Å². The lowest BCUT2D eigenvalue weighted by molar-refractivity contribution is -0.137. The van der Waals surface area contributed by atoms with E-state index in [-0.39, 0.29) is 24.2 Å². The van der Waals surface area contributed by atoms with Crippen molar-refractivity contribution in [3.8, 4) is 0 Å². The first-order valence-electron chi connectivity index (χ1n) is 11.6. The number of carbonyl (C=O) groups excluding carboxylic acids is 2. The molecule has 5 rings (SSSR count). The number of halogens is 3. The molecule has 0 spiro atoms. The highest BCUT2D eigenvalue weighted by Crippen LogP contribution is 2.38. The maximum atomic E-state index is 13.8. The monoisotopic (exact) mass is 469 g/mol. The third-order valence-electron chi connectivity index (χ3n) is 7.05. The Morgan fingerprint density at radius 1 is 1.03 bits per heavy atom. The second kappa shape index (κ2) is 8.18. The molecule has 1 fully saturated rings. The van der Waals surface area contributed by atoms with E-state index in [0.717, 1.165) is 55.1 Å². The zero-order chi connectivity index (χ0) is 24.1. The molecule has 1 aromatic heterocycles. The number of carbonyl (C=O) groups is 2. The number of para-hydroxylation sites is 1. The number of hydrogen-bond acceptors (Lipinski definition) is 2. The number of nitrogens with one attached hydrogen (secondary N) is 1. The summed E-state index contributed by atoms with van der Waals surface area (Å²) in [5, 5.41) is 3.94. The molecule has 0 saturated heterocycles. The average molecular weight is 470 g/mol. The molecule has 8 heteroatoms. The van der Waals surface area contributed by atoms with Crippen LogP contribution in [0.15, 0.2) is 54.6 Å². The molecule has 1 atom stereocenters. The number of amides is 2. The second-order valence-corrected chi connectivity index (χ2v) is 9.45. The summed E-state index contributed by atoms with van der Waals surface area (Å²) < 4.78 is 42.3. The maximum Gasteiger partial charge on any atom is 0.416 e. The van der Waals surface area contributed by atoms with E-state index in [2.05, 4.69) is 5.32 Å². The molecule has 2 aliphatic rings. The molecular weight excluding hydrogens is 443 g/mol. The molecule has 1 saturated carbocycles. The Morgan fingerprint density at radius 2 is 1.76 bits per heavy atom. The first-order chi connectivity index (χ1) is 16.2. The first-order valence-corrected chi connectivity index (χ1v) is 11.6. The van der Waals surface area contributed by atoms with Gasteiger partial charge in [0.05, 0.1) is 12.1 Å². The van der Waals surface area contributed by atoms with E-state index in [4.69, 9.17) is 0 Å². The van der Waals surface area contributed by atoms with Gasteiger partial charge in [0.1, 0.15) is 11.2 Å². The van der Waals surface area contributed by atoms with Crippen molar-refractivity contribution in [2.24, 2.45) is 0 Å². The van der Waals surface area contributed by atoms with E-state index in [1.807, 2.05) is 28.8 Å². The summed E-state index contributed by atoms with van der Waals surface area (Å²) in [5.74, 6) is -0.850. The quantitative estimate of drug-likeness (QED) is 0.549. The van der Waals surface area contributed by atoms with Crippen molar-refractivity contribution in [3.63, 3.8) is 0 Å². The Bertz CT molecular complexity index is 1260. The fraction of sp³-hybridized carbons (Fsp3) is 0.385. The van der Waals surface area contributed by atoms with Gasteiger partial charge in [0.15, 0.2) is 0 Å². The molecule has 1 aliphatic carbocycles. The highest BCUT2D eigenvalue weighted by Gasteiger charge is 2.49. The lowest BCUT2D eigenvalue weighted by Gasteiger charge is -2.45. The zero-order valence-corrected chi connectivity index (χ0v) is 18.9. The van der Waals surface area contributed by atoms with Gasteiger partial charge in [0.25, 0.3) is 5.91 Å². The normalized spacial score (nSPS) is 21.5. The van der Waals surface area contributed by atoms with E-state index < -0.39 is 23.2 Å². The van der Waals surface area contributed by atoms with Crippen LogP contribution in [-0.2, 0) is 17.5 Å². The number of benzene rings is 2. The Morgan fingerprint density at radius 3 is 2.50 bits per heavy atom. The fourth-order valence-corrected chi connectivity index (χ4v) is 5.26. The number of fused-ring (bicyclic) bond motifs is 3. The van der Waals surface area contributed by atoms with Gasteiger partial charge in [-0.15, -0.1) is 0 Å². The summed E-state index contributed by atoms with van der Waals surface area (Å²) in [5.41, 5.74) is -1.06. The van der Waals surface area contributed by atoms with Crippen LogP contribution in [0.1, 0.15) is 55.1 Å². The Labute approximate surface area is 195 Å². The lowest BCUT2D eigenvalue weighted by atomic mass is 9.90. The van der Waals surface area contributed by atoms with Crippen LogP contribution in [0.2, 0.25) is 0 Å². The van der Waals surface area contributed by atoms with Crippen molar-refractivity contribution in [3.05, 3.63) is 65.9 Å². The number of rotatable bonds is 3. The third-order valence-corrected chi connectivity index (χ3v) is 7.05. The first kappa shape index (κ1) is 22.5. The van der Waals surface area contributed by atoms with Crippen LogP contribution in [0.4, 0.5) is 18.9 Å². The van der Waals surface area contributed by atoms with Gasteiger partial charge in [0.2, 0.25) is 5.91 Å². The van der Waals surface area contributed by atoms with Crippen LogP contribution < -0.4 is 10.2 Å². The largest absolute Gasteiger partial charge is 0.416 e. The standard InChI is InChI=1S/C26H26F3N3O2/c1-25(24(34)30-19-10-3-2-4-11-19)16-31-21-13-6-5-8-17(21)14-22(31)23(33)32(25)20-12-7-9-18(15-20)26(27,28)29/h5-9,12-15,19H,2-4,10-11,16H2,1H3,(H,30,34)/t25-/m0/s1. The van der Waals surface area contributed by atoms with E-state index in [9.17, 15) is 22.8 Å². The van der Waals surface area contributed by atoms with Crippen LogP contribution in [0.3, 0.4) is 0 Å². The minimum Gasteiger partial charge on any atom is -0.351 e. The molecular formula is C26H26F3N3O2. The van der Waals surface area contributed by atoms with Crippen LogP contribution in [0.5, 0.6) is 0 Å². The van der Waals surface area contributed by atoms with E-state index >= 15 is 0 Å². The van der Waals surface area contributed by atoms with Crippen LogP contribution >= 0.6 is 0 Å². The molecule has 5 nitrogen and oxygen atoms in total. The van der Waals surface area contributed by atoms with Gasteiger partial charge in [-0.3, -0.25) is 14.5 Å². The molecule has 1 N–H and O–H groups in total. The van der Waals surface area contributed by atoms with Crippen molar-refractivity contribution in [2.45, 2.75) is 63.3 Å². The maximum absolute atomic E-state index is 13.8. The number of anilines is 1. The predicted octanol–water partition coefficient (Wildman–Crippen LogP) is 5.53. The molecule has 1 aliphatic heterocycles. The van der Waals surface area contributed by atoms with Crippen LogP contribution in [-0.4, -0.2) is 28.0 Å². The summed E-state index contributed by atoms with van der Waals surface area (Å²) in [6.45, 7) is 1.78. The van der Waals surface area contributed by atoms with Gasteiger partial charge in [-0.05, 0) is 50.1 Å². The number of alkyl halides is 3. The second-order valence-electron chi connectivity index (χ2n) is 9.45. The zero-order valence-electron chi connectivity index (χ0n) is 18.9. The Hall–Kier alpha value is -3.29. The molecule has 0 unspecified atom stereocenters. The van der Waals surface area contributed by atoms with Crippen molar-refractivity contribution in [1.29, 1.82) is 0 Å². The predicted molar refractivity (Wildman–Crippen MR) is 124 cm³/mol. The molecule has 34 heavy (non-hydrogen) atoms. The molecule has 2 aromatic carbocycles. The number of aromatic nitrogens is 1. The minimum atomic E-state index is -4.56. The van der Waals surface area contributed by atoms with Crippen molar-refractivity contribution < 1.29 is 22.8 Å². The van der Waals surface area contributed by atoms with Gasteiger partial charge in [-0.25, -0.2) is 0 Å².